The molecule has 24 heavy (non-hydrogen) atoms. The molecule has 0 heterocycles. The van der Waals surface area contributed by atoms with E-state index in [2.05, 4.69) is 73.1 Å². The summed E-state index contributed by atoms with van der Waals surface area (Å²) in [5.41, 5.74) is 1.25. The SMILES string of the molecule is C=C(C)CC.C=S.CC.CC.CC.CCC.CCC.CCCCC. The second-order valence-electron chi connectivity index (χ2n) is 4.08. The summed E-state index contributed by atoms with van der Waals surface area (Å²) < 4.78 is 0. The lowest BCUT2D eigenvalue weighted by Crippen LogP contribution is -1.59. The highest BCUT2D eigenvalue weighted by atomic mass is 32.1. The van der Waals surface area contributed by atoms with E-state index in [0.29, 0.717) is 0 Å². The largest absolute Gasteiger partial charge is 0.100 e. The minimum absolute atomic E-state index is 1.11. The van der Waals surface area contributed by atoms with Crippen molar-refractivity contribution in [1.82, 2.24) is 0 Å². The topological polar surface area (TPSA) is 0 Å². The highest BCUT2D eigenvalue weighted by Crippen LogP contribution is 1.89. The van der Waals surface area contributed by atoms with Gasteiger partial charge in [0.25, 0.3) is 0 Å². The van der Waals surface area contributed by atoms with Gasteiger partial charge in [0.05, 0.1) is 0 Å². The summed E-state index contributed by atoms with van der Waals surface area (Å²) in [6.07, 6.45) is 7.69. The molecule has 0 saturated heterocycles. The Morgan fingerprint density at radius 3 is 0.750 bits per heavy atom. The lowest BCUT2D eigenvalue weighted by Gasteiger charge is -1.79. The van der Waals surface area contributed by atoms with Crippen LogP contribution in [0.4, 0.5) is 0 Å². The maximum absolute atomic E-state index is 3.83. The molecule has 0 saturated carbocycles. The molecule has 0 rings (SSSR count). The smallest absolute Gasteiger partial charge is 0.0351 e. The standard InChI is InChI=1S/C5H10.C5H12.2C3H8.3C2H6.CH2S/c1-4-5(2)3;1-3-5-4-2;2*1-3-2;4*1-2/h2,4H2,1,3H3;3-5H2,1-2H3;2*3H2,1-2H3;3*1-2H3;1H2. The first-order valence-corrected chi connectivity index (χ1v) is 11.0. The summed E-state index contributed by atoms with van der Waals surface area (Å²) >= 11 is 3.83. The minimum Gasteiger partial charge on any atom is -0.100 e. The van der Waals surface area contributed by atoms with Crippen LogP contribution in [0, 0.1) is 0 Å². The van der Waals surface area contributed by atoms with Crippen LogP contribution in [-0.4, -0.2) is 5.87 Å². The predicted molar refractivity (Wildman–Crippen MR) is 131 cm³/mol. The molecule has 1 heteroatoms. The normalized spacial score (nSPS) is 5.75. The van der Waals surface area contributed by atoms with Crippen molar-refractivity contribution < 1.29 is 0 Å². The van der Waals surface area contributed by atoms with E-state index < -0.39 is 0 Å². The first-order valence-electron chi connectivity index (χ1n) is 10.4. The molecular formula is C23H58S. The number of allylic oxidation sites excluding steroid dienone is 1. The zero-order valence-electron chi connectivity index (χ0n) is 20.6. The van der Waals surface area contributed by atoms with Gasteiger partial charge in [-0.25, -0.2) is 0 Å². The van der Waals surface area contributed by atoms with Gasteiger partial charge in [-0.3, -0.25) is 0 Å². The third-order valence-electron chi connectivity index (χ3n) is 1.31. The molecule has 0 bridgehead atoms. The molecule has 0 amide bonds. The molecule has 0 nitrogen and oxygen atoms in total. The van der Waals surface area contributed by atoms with Crippen molar-refractivity contribution in [3.05, 3.63) is 12.2 Å². The first kappa shape index (κ1) is 49.6. The molecule has 0 aromatic carbocycles. The van der Waals surface area contributed by atoms with E-state index in [4.69, 9.17) is 0 Å². The van der Waals surface area contributed by atoms with Crippen LogP contribution in [0.3, 0.4) is 0 Å². The second kappa shape index (κ2) is 140. The van der Waals surface area contributed by atoms with E-state index in [1.54, 1.807) is 0 Å². The van der Waals surface area contributed by atoms with E-state index in [0.717, 1.165) is 6.42 Å². The van der Waals surface area contributed by atoms with Gasteiger partial charge in [0.2, 0.25) is 0 Å². The molecule has 0 N–H and O–H groups in total. The molecule has 0 aliphatic rings. The van der Waals surface area contributed by atoms with Crippen molar-refractivity contribution in [3.8, 4) is 0 Å². The fourth-order valence-corrected chi connectivity index (χ4v) is 0.354. The van der Waals surface area contributed by atoms with E-state index >= 15 is 0 Å². The van der Waals surface area contributed by atoms with Gasteiger partial charge < -0.3 is 0 Å². The third-order valence-corrected chi connectivity index (χ3v) is 1.31. The summed E-state index contributed by atoms with van der Waals surface area (Å²) in [7, 11) is 0. The summed E-state index contributed by atoms with van der Waals surface area (Å²) in [6.45, 7) is 32.7. The van der Waals surface area contributed by atoms with Gasteiger partial charge in [0, 0.05) is 0 Å². The van der Waals surface area contributed by atoms with Crippen LogP contribution in [0.5, 0.6) is 0 Å². The van der Waals surface area contributed by atoms with Crippen LogP contribution >= 0.6 is 12.2 Å². The van der Waals surface area contributed by atoms with Crippen molar-refractivity contribution in [1.29, 1.82) is 0 Å². The molecule has 0 atom stereocenters. The molecule has 0 aliphatic carbocycles. The Labute approximate surface area is 165 Å². The van der Waals surface area contributed by atoms with Gasteiger partial charge in [0.15, 0.2) is 0 Å². The summed E-state index contributed by atoms with van der Waals surface area (Å²) in [5.74, 6) is 2.83. The molecule has 0 unspecified atom stereocenters. The Balaban J connectivity index is -0.0000000212. The zero-order valence-corrected chi connectivity index (χ0v) is 21.4. The molecule has 0 fully saturated rings. The minimum atomic E-state index is 1.11. The molecular weight excluding hydrogens is 308 g/mol. The molecule has 0 radical (unpaired) electrons. The Kier molecular flexibility index (Phi) is 288. The summed E-state index contributed by atoms with van der Waals surface area (Å²) in [6, 6.07) is 0. The van der Waals surface area contributed by atoms with Crippen molar-refractivity contribution in [2.75, 3.05) is 0 Å². The van der Waals surface area contributed by atoms with Crippen molar-refractivity contribution in [2.45, 2.75) is 135 Å². The van der Waals surface area contributed by atoms with Gasteiger partial charge >= 0.3 is 0 Å². The Hall–Kier alpha value is -0.170. The number of thiocarbonyl (C=S) groups is 1. The number of hydrogen-bond donors (Lipinski definition) is 0. The fraction of sp³-hybridized carbons (Fsp3) is 0.870. The van der Waals surface area contributed by atoms with Crippen LogP contribution in [0.25, 0.3) is 0 Å². The molecule has 0 aliphatic heterocycles. The van der Waals surface area contributed by atoms with Crippen molar-refractivity contribution >= 4 is 18.1 Å². The Morgan fingerprint density at radius 1 is 0.625 bits per heavy atom. The summed E-state index contributed by atoms with van der Waals surface area (Å²) in [5, 5.41) is 0. The van der Waals surface area contributed by atoms with E-state index in [-0.39, 0.29) is 0 Å². The zero-order chi connectivity index (χ0) is 21.8. The van der Waals surface area contributed by atoms with E-state index in [9.17, 15) is 0 Å². The van der Waals surface area contributed by atoms with Gasteiger partial charge in [-0.15, -0.1) is 6.58 Å². The lowest BCUT2D eigenvalue weighted by atomic mass is 10.3. The first-order chi connectivity index (χ1) is 11.5. The maximum Gasteiger partial charge on any atom is -0.0351 e. The van der Waals surface area contributed by atoms with Gasteiger partial charge in [0.1, 0.15) is 0 Å². The number of unbranched alkanes of at least 4 members (excludes halogenated alkanes) is 2. The highest BCUT2D eigenvalue weighted by Gasteiger charge is 1.68. The van der Waals surface area contributed by atoms with Crippen LogP contribution in [0.2, 0.25) is 0 Å². The summed E-state index contributed by atoms with van der Waals surface area (Å²) in [4.78, 5) is 0. The van der Waals surface area contributed by atoms with Crippen molar-refractivity contribution in [3.63, 3.8) is 0 Å². The molecule has 0 aromatic rings. The molecule has 156 valence electrons. The van der Waals surface area contributed by atoms with E-state index in [1.807, 2.05) is 48.5 Å². The van der Waals surface area contributed by atoms with Crippen molar-refractivity contribution in [2.24, 2.45) is 0 Å². The number of hydrogen-bond acceptors (Lipinski definition) is 1. The Morgan fingerprint density at radius 2 is 0.750 bits per heavy atom. The van der Waals surface area contributed by atoms with Crippen LogP contribution in [-0.2, 0) is 0 Å². The monoisotopic (exact) mass is 366 g/mol. The lowest BCUT2D eigenvalue weighted by molar-refractivity contribution is 0.772. The van der Waals surface area contributed by atoms with E-state index in [1.165, 1.54) is 37.7 Å². The third kappa shape index (κ3) is 646. The second-order valence-corrected chi connectivity index (χ2v) is 4.08. The average Bonchev–Trinajstić information content (AvgIpc) is 2.64. The van der Waals surface area contributed by atoms with Gasteiger partial charge in [-0.05, 0) is 19.2 Å². The fourth-order valence-electron chi connectivity index (χ4n) is 0.354. The number of rotatable bonds is 3. The van der Waals surface area contributed by atoms with Crippen LogP contribution in [0.1, 0.15) is 135 Å². The Bertz CT molecular complexity index is 94.2. The maximum atomic E-state index is 3.83. The van der Waals surface area contributed by atoms with Crippen LogP contribution in [0.15, 0.2) is 12.2 Å². The quantitative estimate of drug-likeness (QED) is 0.353. The van der Waals surface area contributed by atoms with Gasteiger partial charge in [-0.2, -0.15) is 0 Å². The predicted octanol–water partition coefficient (Wildman–Crippen LogP) is 10.7. The van der Waals surface area contributed by atoms with Gasteiger partial charge in [-0.1, -0.05) is 140 Å². The molecule has 0 aromatic heterocycles. The van der Waals surface area contributed by atoms with Crippen LogP contribution < -0.4 is 0 Å². The average molecular weight is 367 g/mol. The molecule has 0 spiro atoms. The highest BCUT2D eigenvalue weighted by molar-refractivity contribution is 7.77.